The number of ether oxygens (including phenoxy) is 1. The van der Waals surface area contributed by atoms with E-state index in [-0.39, 0.29) is 18.1 Å². The molecule has 2 heterocycles. The number of hydrogen-bond donors (Lipinski definition) is 0. The maximum Gasteiger partial charge on any atom is 0.422 e. The molecule has 9 heteroatoms. The number of benzene rings is 1. The number of alkyl halides is 3. The quantitative estimate of drug-likeness (QED) is 0.406. The van der Waals surface area contributed by atoms with Gasteiger partial charge in [0, 0.05) is 45.6 Å². The number of carbonyl (C=O) groups is 1. The van der Waals surface area contributed by atoms with Gasteiger partial charge in [-0.3, -0.25) is 9.78 Å². The van der Waals surface area contributed by atoms with Gasteiger partial charge in [0.25, 0.3) is 0 Å². The van der Waals surface area contributed by atoms with Crippen molar-refractivity contribution in [1.29, 1.82) is 0 Å². The zero-order valence-corrected chi connectivity index (χ0v) is 17.1. The van der Waals surface area contributed by atoms with Gasteiger partial charge in [-0.1, -0.05) is 23.7 Å². The van der Waals surface area contributed by atoms with Crippen molar-refractivity contribution in [1.82, 2.24) is 9.97 Å². The first-order chi connectivity index (χ1) is 13.7. The van der Waals surface area contributed by atoms with Crippen molar-refractivity contribution in [3.63, 3.8) is 0 Å². The Kier molecular flexibility index (Phi) is 6.54. The Hall–Kier alpha value is -2.45. The SMILES string of the molecule is O=C(Cc1cnc(OCC(F)(F)F)c(-c2ccc(Cl)cc2)c1)c1cncc(Br)c1. The Labute approximate surface area is 177 Å². The van der Waals surface area contributed by atoms with Crippen LogP contribution >= 0.6 is 27.5 Å². The standard InChI is InChI=1S/C20H13BrClF3N2O2/c21-15-7-14(9-26-10-15)18(28)6-12-5-17(13-1-3-16(22)4-2-13)19(27-8-12)29-11-20(23,24)25/h1-5,7-10H,6,11H2. The fourth-order valence-corrected chi connectivity index (χ4v) is 3.04. The van der Waals surface area contributed by atoms with Crippen LogP contribution in [0.2, 0.25) is 5.02 Å². The van der Waals surface area contributed by atoms with E-state index in [2.05, 4.69) is 25.9 Å². The van der Waals surface area contributed by atoms with E-state index >= 15 is 0 Å². The molecule has 0 aliphatic heterocycles. The Bertz CT molecular complexity index is 1030. The second-order valence-corrected chi connectivity index (χ2v) is 7.45. The van der Waals surface area contributed by atoms with E-state index in [1.165, 1.54) is 12.4 Å². The zero-order chi connectivity index (χ0) is 21.0. The van der Waals surface area contributed by atoms with Gasteiger partial charge in [0.15, 0.2) is 12.4 Å². The molecule has 0 saturated heterocycles. The lowest BCUT2D eigenvalue weighted by Gasteiger charge is -2.14. The summed E-state index contributed by atoms with van der Waals surface area (Å²) in [6, 6.07) is 9.73. The molecule has 3 aromatic rings. The third-order valence-electron chi connectivity index (χ3n) is 3.83. The summed E-state index contributed by atoms with van der Waals surface area (Å²) in [4.78, 5) is 20.5. The van der Waals surface area contributed by atoms with Crippen molar-refractivity contribution in [2.45, 2.75) is 12.6 Å². The van der Waals surface area contributed by atoms with Crippen molar-refractivity contribution in [2.75, 3.05) is 6.61 Å². The molecule has 4 nitrogen and oxygen atoms in total. The van der Waals surface area contributed by atoms with Gasteiger partial charge in [-0.2, -0.15) is 13.2 Å². The van der Waals surface area contributed by atoms with E-state index in [9.17, 15) is 18.0 Å². The van der Waals surface area contributed by atoms with Gasteiger partial charge in [-0.05, 0) is 51.3 Å². The Morgan fingerprint density at radius 3 is 2.48 bits per heavy atom. The number of Topliss-reactive ketones (excluding diaryl/α,β-unsaturated/α-hetero) is 1. The maximum atomic E-state index is 12.6. The fourth-order valence-electron chi connectivity index (χ4n) is 2.55. The monoisotopic (exact) mass is 484 g/mol. The fraction of sp³-hybridized carbons (Fsp3) is 0.150. The minimum absolute atomic E-state index is 0.00523. The molecule has 0 saturated carbocycles. The first-order valence-electron chi connectivity index (χ1n) is 8.29. The lowest BCUT2D eigenvalue weighted by Crippen LogP contribution is -2.20. The van der Waals surface area contributed by atoms with Crippen LogP contribution in [0, 0.1) is 0 Å². The minimum atomic E-state index is -4.50. The van der Waals surface area contributed by atoms with E-state index in [0.29, 0.717) is 31.7 Å². The van der Waals surface area contributed by atoms with Gasteiger partial charge in [0.2, 0.25) is 5.88 Å². The molecule has 1 aromatic carbocycles. The van der Waals surface area contributed by atoms with Crippen LogP contribution in [-0.2, 0) is 6.42 Å². The zero-order valence-electron chi connectivity index (χ0n) is 14.7. The maximum absolute atomic E-state index is 12.6. The average Bonchev–Trinajstić information content (AvgIpc) is 2.67. The summed E-state index contributed by atoms with van der Waals surface area (Å²) in [6.45, 7) is -1.47. The Morgan fingerprint density at radius 2 is 1.83 bits per heavy atom. The minimum Gasteiger partial charge on any atom is -0.468 e. The van der Waals surface area contributed by atoms with E-state index in [1.807, 2.05) is 0 Å². The molecule has 2 aromatic heterocycles. The molecule has 29 heavy (non-hydrogen) atoms. The van der Waals surface area contributed by atoms with Gasteiger partial charge >= 0.3 is 6.18 Å². The number of ketones is 1. The molecule has 0 radical (unpaired) electrons. The highest BCUT2D eigenvalue weighted by molar-refractivity contribution is 9.10. The van der Waals surface area contributed by atoms with E-state index in [1.54, 1.807) is 42.6 Å². The number of nitrogens with zero attached hydrogens (tertiary/aromatic N) is 2. The number of aromatic nitrogens is 2. The Balaban J connectivity index is 1.92. The molecule has 0 aliphatic carbocycles. The van der Waals surface area contributed by atoms with Crippen molar-refractivity contribution in [2.24, 2.45) is 0 Å². The lowest BCUT2D eigenvalue weighted by molar-refractivity contribution is -0.154. The molecule has 0 unspecified atom stereocenters. The largest absolute Gasteiger partial charge is 0.468 e. The second-order valence-electron chi connectivity index (χ2n) is 6.10. The van der Waals surface area contributed by atoms with Gasteiger partial charge in [-0.25, -0.2) is 4.98 Å². The second kappa shape index (κ2) is 8.92. The number of hydrogen-bond acceptors (Lipinski definition) is 4. The summed E-state index contributed by atoms with van der Waals surface area (Å²) >= 11 is 9.15. The highest BCUT2D eigenvalue weighted by Gasteiger charge is 2.29. The summed E-state index contributed by atoms with van der Waals surface area (Å²) < 4.78 is 43.3. The molecule has 0 N–H and O–H groups in total. The third kappa shape index (κ3) is 6.01. The van der Waals surface area contributed by atoms with Crippen LogP contribution in [0.25, 0.3) is 11.1 Å². The molecule has 0 fully saturated rings. The number of carbonyl (C=O) groups excluding carboxylic acids is 1. The smallest absolute Gasteiger partial charge is 0.422 e. The van der Waals surface area contributed by atoms with E-state index < -0.39 is 12.8 Å². The summed E-state index contributed by atoms with van der Waals surface area (Å²) in [6.07, 6.45) is -0.161. The van der Waals surface area contributed by atoms with Crippen LogP contribution in [0.3, 0.4) is 0 Å². The van der Waals surface area contributed by atoms with Crippen molar-refractivity contribution in [3.8, 4) is 17.0 Å². The average molecular weight is 486 g/mol. The first kappa shape index (κ1) is 21.3. The van der Waals surface area contributed by atoms with Crippen LogP contribution < -0.4 is 4.74 Å². The molecular formula is C20H13BrClF3N2O2. The van der Waals surface area contributed by atoms with Gasteiger partial charge in [-0.15, -0.1) is 0 Å². The van der Waals surface area contributed by atoms with Gasteiger partial charge in [0.05, 0.1) is 0 Å². The van der Waals surface area contributed by atoms with Crippen LogP contribution in [0.5, 0.6) is 5.88 Å². The molecular weight excluding hydrogens is 473 g/mol. The first-order valence-corrected chi connectivity index (χ1v) is 9.46. The topological polar surface area (TPSA) is 52.1 Å². The van der Waals surface area contributed by atoms with Crippen molar-refractivity contribution in [3.05, 3.63) is 75.6 Å². The van der Waals surface area contributed by atoms with Crippen molar-refractivity contribution >= 4 is 33.3 Å². The van der Waals surface area contributed by atoms with E-state index in [4.69, 9.17) is 16.3 Å². The van der Waals surface area contributed by atoms with Crippen LogP contribution in [0.4, 0.5) is 13.2 Å². The number of rotatable bonds is 6. The molecule has 0 bridgehead atoms. The predicted octanol–water partition coefficient (Wildman–Crippen LogP) is 5.93. The summed E-state index contributed by atoms with van der Waals surface area (Å²) in [5, 5.41) is 0.480. The summed E-state index contributed by atoms with van der Waals surface area (Å²) in [5.41, 5.74) is 1.84. The normalized spacial score (nSPS) is 11.3. The van der Waals surface area contributed by atoms with Crippen LogP contribution in [0.15, 0.2) is 59.5 Å². The molecule has 0 amide bonds. The van der Waals surface area contributed by atoms with Crippen LogP contribution in [0.1, 0.15) is 15.9 Å². The molecule has 3 rings (SSSR count). The van der Waals surface area contributed by atoms with Crippen LogP contribution in [-0.4, -0.2) is 28.5 Å². The lowest BCUT2D eigenvalue weighted by atomic mass is 10.0. The summed E-state index contributed by atoms with van der Waals surface area (Å²) in [7, 11) is 0. The number of pyridine rings is 2. The molecule has 150 valence electrons. The predicted molar refractivity (Wildman–Crippen MR) is 106 cm³/mol. The number of halogens is 5. The molecule has 0 atom stereocenters. The highest BCUT2D eigenvalue weighted by atomic mass is 79.9. The molecule has 0 aliphatic rings. The van der Waals surface area contributed by atoms with Crippen molar-refractivity contribution < 1.29 is 22.7 Å². The van der Waals surface area contributed by atoms with Gasteiger partial charge in [0.1, 0.15) is 0 Å². The van der Waals surface area contributed by atoms with Gasteiger partial charge < -0.3 is 4.74 Å². The van der Waals surface area contributed by atoms with E-state index in [0.717, 1.165) is 0 Å². The molecule has 0 spiro atoms. The summed E-state index contributed by atoms with van der Waals surface area (Å²) in [5.74, 6) is -0.378. The highest BCUT2D eigenvalue weighted by Crippen LogP contribution is 2.31. The Morgan fingerprint density at radius 1 is 1.10 bits per heavy atom. The third-order valence-corrected chi connectivity index (χ3v) is 4.51.